The third-order valence-corrected chi connectivity index (χ3v) is 1.50. The molecule has 1 aromatic heterocycles. The summed E-state index contributed by atoms with van der Waals surface area (Å²) in [5, 5.41) is 0. The third kappa shape index (κ3) is 1.87. The zero-order valence-corrected chi connectivity index (χ0v) is 7.74. The molecule has 1 aliphatic rings. The molecule has 0 saturated carbocycles. The molecule has 3 nitrogen and oxygen atoms in total. The Labute approximate surface area is 81.7 Å². The van der Waals surface area contributed by atoms with E-state index in [0.29, 0.717) is 0 Å². The van der Waals surface area contributed by atoms with Crippen molar-refractivity contribution in [1.82, 2.24) is 4.98 Å². The van der Waals surface area contributed by atoms with Gasteiger partial charge in [0, 0.05) is 24.4 Å². The van der Waals surface area contributed by atoms with Crippen LogP contribution in [0.1, 0.15) is 5.69 Å². The number of aliphatic imine (C=N–C) groups is 1. The molecule has 66 valence electrons. The highest BCUT2D eigenvalue weighted by Gasteiger charge is 2.04. The van der Waals surface area contributed by atoms with E-state index in [2.05, 4.69) is 9.98 Å². The first-order chi connectivity index (χ1) is 4.86. The number of pyridine rings is 1. The van der Waals surface area contributed by atoms with Gasteiger partial charge < -0.3 is 4.98 Å². The molecule has 0 amide bonds. The van der Waals surface area contributed by atoms with Crippen LogP contribution in [0, 0.1) is 0 Å². The first kappa shape index (κ1) is 11.2. The van der Waals surface area contributed by atoms with Crippen LogP contribution >= 0.6 is 24.8 Å². The number of H-pyrrole nitrogens is 1. The molecule has 0 fully saturated rings. The molecular formula is C7H8Cl2N2O. The van der Waals surface area contributed by atoms with E-state index in [-0.39, 0.29) is 30.4 Å². The molecule has 0 unspecified atom stereocenters. The number of fused-ring (bicyclic) bond motifs is 1. The molecule has 0 spiro atoms. The largest absolute Gasteiger partial charge is 0.324 e. The smallest absolute Gasteiger partial charge is 0.248 e. The number of nitrogens with zero attached hydrogens (tertiary/aromatic N) is 1. The van der Waals surface area contributed by atoms with Gasteiger partial charge in [-0.15, -0.1) is 24.8 Å². The summed E-state index contributed by atoms with van der Waals surface area (Å²) in [5.41, 5.74) is 1.76. The zero-order valence-electron chi connectivity index (χ0n) is 6.11. The molecule has 1 aromatic rings. The summed E-state index contributed by atoms with van der Waals surface area (Å²) in [6.45, 7) is 0. The Morgan fingerprint density at radius 1 is 1.33 bits per heavy atom. The highest BCUT2D eigenvalue weighted by Crippen LogP contribution is 2.18. The lowest BCUT2D eigenvalue weighted by atomic mass is 10.3. The number of halogens is 2. The Morgan fingerprint density at radius 2 is 2.08 bits per heavy atom. The Kier molecular flexibility index (Phi) is 4.00. The van der Waals surface area contributed by atoms with Crippen LogP contribution in [0.5, 0.6) is 0 Å². The molecule has 2 heterocycles. The molecule has 0 atom stereocenters. The van der Waals surface area contributed by atoms with Gasteiger partial charge in [-0.05, 0) is 6.07 Å². The van der Waals surface area contributed by atoms with E-state index >= 15 is 0 Å². The van der Waals surface area contributed by atoms with Crippen LogP contribution in [0.3, 0.4) is 0 Å². The number of nitrogens with one attached hydrogen (secondary N) is 1. The van der Waals surface area contributed by atoms with Crippen molar-refractivity contribution in [2.75, 3.05) is 0 Å². The van der Waals surface area contributed by atoms with Crippen molar-refractivity contribution in [3.8, 4) is 0 Å². The predicted octanol–water partition coefficient (Wildman–Crippen LogP) is 1.48. The number of aromatic nitrogens is 1. The Bertz CT molecular complexity index is 346. The van der Waals surface area contributed by atoms with Crippen molar-refractivity contribution in [3.05, 3.63) is 28.2 Å². The van der Waals surface area contributed by atoms with E-state index in [1.807, 2.05) is 0 Å². The summed E-state index contributed by atoms with van der Waals surface area (Å²) in [6, 6.07) is 3.22. The standard InChI is InChI=1S/C7H6N2O.2ClH/c10-7-2-1-5-6(9-7)3-4-8-5;;/h1-2,4H,3H2,(H,9,10);2*1H. The first-order valence-electron chi connectivity index (χ1n) is 3.11. The second-order valence-corrected chi connectivity index (χ2v) is 2.20. The average Bonchev–Trinajstić information content (AvgIpc) is 2.33. The molecule has 2 rings (SSSR count). The molecule has 12 heavy (non-hydrogen) atoms. The summed E-state index contributed by atoms with van der Waals surface area (Å²) in [7, 11) is 0. The van der Waals surface area contributed by atoms with Crippen LogP contribution in [-0.4, -0.2) is 11.2 Å². The fraction of sp³-hybridized carbons (Fsp3) is 0.143. The van der Waals surface area contributed by atoms with Gasteiger partial charge in [-0.2, -0.15) is 0 Å². The van der Waals surface area contributed by atoms with Crippen LogP contribution in [0.15, 0.2) is 21.9 Å². The maximum absolute atomic E-state index is 10.7. The molecule has 0 aromatic carbocycles. The monoisotopic (exact) mass is 206 g/mol. The molecule has 0 saturated heterocycles. The number of aromatic amines is 1. The molecular weight excluding hydrogens is 199 g/mol. The molecule has 0 radical (unpaired) electrons. The van der Waals surface area contributed by atoms with E-state index in [9.17, 15) is 4.79 Å². The van der Waals surface area contributed by atoms with Crippen molar-refractivity contribution in [1.29, 1.82) is 0 Å². The van der Waals surface area contributed by atoms with Gasteiger partial charge in [0.25, 0.3) is 0 Å². The van der Waals surface area contributed by atoms with Gasteiger partial charge in [0.2, 0.25) is 5.56 Å². The maximum atomic E-state index is 10.7. The average molecular weight is 207 g/mol. The highest BCUT2D eigenvalue weighted by molar-refractivity contribution is 5.85. The van der Waals surface area contributed by atoms with Gasteiger partial charge in [0.05, 0.1) is 5.69 Å². The SMILES string of the molecule is Cl.Cl.O=c1ccc2c([nH]1)CC=N2. The van der Waals surface area contributed by atoms with E-state index in [4.69, 9.17) is 0 Å². The molecule has 5 heteroatoms. The van der Waals surface area contributed by atoms with Gasteiger partial charge in [-0.3, -0.25) is 9.79 Å². The quantitative estimate of drug-likeness (QED) is 0.687. The first-order valence-corrected chi connectivity index (χ1v) is 3.11. The normalized spacial score (nSPS) is 11.3. The topological polar surface area (TPSA) is 45.2 Å². The number of rotatable bonds is 0. The van der Waals surface area contributed by atoms with Crippen molar-refractivity contribution in [3.63, 3.8) is 0 Å². The summed E-state index contributed by atoms with van der Waals surface area (Å²) >= 11 is 0. The number of hydrogen-bond donors (Lipinski definition) is 1. The van der Waals surface area contributed by atoms with Crippen LogP contribution in [0.2, 0.25) is 0 Å². The van der Waals surface area contributed by atoms with E-state index in [1.165, 1.54) is 6.07 Å². The summed E-state index contributed by atoms with van der Waals surface area (Å²) in [5.74, 6) is 0. The van der Waals surface area contributed by atoms with E-state index in [1.54, 1.807) is 12.3 Å². The maximum Gasteiger partial charge on any atom is 0.248 e. The minimum Gasteiger partial charge on any atom is -0.324 e. The summed E-state index contributed by atoms with van der Waals surface area (Å²) in [4.78, 5) is 17.5. The fourth-order valence-electron chi connectivity index (χ4n) is 1.02. The van der Waals surface area contributed by atoms with E-state index in [0.717, 1.165) is 17.8 Å². The Balaban J connectivity index is 0.000000605. The third-order valence-electron chi connectivity index (χ3n) is 1.50. The molecule has 0 bridgehead atoms. The minimum absolute atomic E-state index is 0. The lowest BCUT2D eigenvalue weighted by Crippen LogP contribution is -2.04. The molecule has 0 aliphatic carbocycles. The van der Waals surface area contributed by atoms with Gasteiger partial charge in [0.1, 0.15) is 0 Å². The second kappa shape index (κ2) is 4.28. The molecule has 1 aliphatic heterocycles. The van der Waals surface area contributed by atoms with Crippen LogP contribution < -0.4 is 5.56 Å². The highest BCUT2D eigenvalue weighted by atomic mass is 35.5. The Hall–Kier alpha value is -0.800. The van der Waals surface area contributed by atoms with Crippen LogP contribution in [-0.2, 0) is 6.42 Å². The fourth-order valence-corrected chi connectivity index (χ4v) is 1.02. The van der Waals surface area contributed by atoms with Gasteiger partial charge in [-0.1, -0.05) is 0 Å². The summed E-state index contributed by atoms with van der Waals surface area (Å²) in [6.07, 6.45) is 2.55. The van der Waals surface area contributed by atoms with E-state index < -0.39 is 0 Å². The van der Waals surface area contributed by atoms with Gasteiger partial charge >= 0.3 is 0 Å². The van der Waals surface area contributed by atoms with Crippen molar-refractivity contribution < 1.29 is 0 Å². The summed E-state index contributed by atoms with van der Waals surface area (Å²) < 4.78 is 0. The minimum atomic E-state index is -0.0516. The van der Waals surface area contributed by atoms with Crippen molar-refractivity contribution in [2.45, 2.75) is 6.42 Å². The second-order valence-electron chi connectivity index (χ2n) is 2.20. The Morgan fingerprint density at radius 3 is 2.83 bits per heavy atom. The van der Waals surface area contributed by atoms with Crippen LogP contribution in [0.4, 0.5) is 5.69 Å². The van der Waals surface area contributed by atoms with Crippen molar-refractivity contribution >= 4 is 36.7 Å². The molecule has 1 N–H and O–H groups in total. The lowest BCUT2D eigenvalue weighted by molar-refractivity contribution is 1.13. The van der Waals surface area contributed by atoms with Crippen LogP contribution in [0.25, 0.3) is 0 Å². The zero-order chi connectivity index (χ0) is 6.97. The lowest BCUT2D eigenvalue weighted by Gasteiger charge is -1.92. The predicted molar refractivity (Wildman–Crippen MR) is 53.4 cm³/mol. The number of hydrogen-bond acceptors (Lipinski definition) is 2. The van der Waals surface area contributed by atoms with Crippen molar-refractivity contribution in [2.24, 2.45) is 4.99 Å². The van der Waals surface area contributed by atoms with Gasteiger partial charge in [-0.25, -0.2) is 0 Å². The van der Waals surface area contributed by atoms with Gasteiger partial charge in [0.15, 0.2) is 0 Å².